The first-order valence-corrected chi connectivity index (χ1v) is 8.48. The number of nitrogens with zero attached hydrogens (tertiary/aromatic N) is 2. The highest BCUT2D eigenvalue weighted by atomic mass is 32.2. The van der Waals surface area contributed by atoms with Crippen LogP contribution in [0.25, 0.3) is 0 Å². The Balaban J connectivity index is 3.11. The summed E-state index contributed by atoms with van der Waals surface area (Å²) in [7, 11) is -3.02. The van der Waals surface area contributed by atoms with Gasteiger partial charge < -0.3 is 0 Å². The van der Waals surface area contributed by atoms with Crippen LogP contribution >= 0.6 is 0 Å². The fourth-order valence-electron chi connectivity index (χ4n) is 2.12. The van der Waals surface area contributed by atoms with Crippen molar-refractivity contribution in [2.45, 2.75) is 47.1 Å². The summed E-state index contributed by atoms with van der Waals surface area (Å²) in [4.78, 5) is 11.7. The van der Waals surface area contributed by atoms with E-state index in [0.29, 0.717) is 24.9 Å². The second kappa shape index (κ2) is 6.32. The van der Waals surface area contributed by atoms with Crippen LogP contribution in [-0.2, 0) is 29.2 Å². The van der Waals surface area contributed by atoms with Crippen molar-refractivity contribution in [1.29, 1.82) is 0 Å². The van der Waals surface area contributed by atoms with E-state index in [9.17, 15) is 13.2 Å². The molecular weight excluding hydrogens is 264 g/mol. The van der Waals surface area contributed by atoms with E-state index in [2.05, 4.69) is 5.10 Å². The molecule has 108 valence electrons. The summed E-state index contributed by atoms with van der Waals surface area (Å²) in [6, 6.07) is 0. The summed E-state index contributed by atoms with van der Waals surface area (Å²) in [5.41, 5.74) is 2.27. The van der Waals surface area contributed by atoms with Crippen molar-refractivity contribution in [2.24, 2.45) is 0 Å². The zero-order chi connectivity index (χ0) is 14.6. The SMILES string of the molecule is CCc1nn(CCS(=O)(=O)CC)c(CC)c1C(C)=O. The molecule has 0 spiro atoms. The summed E-state index contributed by atoms with van der Waals surface area (Å²) < 4.78 is 24.8. The van der Waals surface area contributed by atoms with E-state index in [-0.39, 0.29) is 17.3 Å². The van der Waals surface area contributed by atoms with Gasteiger partial charge in [-0.15, -0.1) is 0 Å². The number of aryl methyl sites for hydroxylation is 2. The van der Waals surface area contributed by atoms with Crippen molar-refractivity contribution in [3.05, 3.63) is 17.0 Å². The van der Waals surface area contributed by atoms with Crippen LogP contribution in [0, 0.1) is 0 Å². The zero-order valence-electron chi connectivity index (χ0n) is 12.1. The van der Waals surface area contributed by atoms with Crippen LogP contribution in [0.5, 0.6) is 0 Å². The van der Waals surface area contributed by atoms with Gasteiger partial charge in [0.25, 0.3) is 0 Å². The van der Waals surface area contributed by atoms with Gasteiger partial charge in [0.15, 0.2) is 15.6 Å². The van der Waals surface area contributed by atoms with Gasteiger partial charge in [0, 0.05) is 11.4 Å². The highest BCUT2D eigenvalue weighted by Gasteiger charge is 2.19. The average molecular weight is 286 g/mol. The maximum absolute atomic E-state index is 11.7. The molecule has 1 aromatic heterocycles. The van der Waals surface area contributed by atoms with E-state index in [1.165, 1.54) is 6.92 Å². The molecule has 0 aliphatic heterocycles. The number of hydrogen-bond acceptors (Lipinski definition) is 4. The van der Waals surface area contributed by atoms with Crippen molar-refractivity contribution in [3.63, 3.8) is 0 Å². The molecule has 5 nitrogen and oxygen atoms in total. The van der Waals surface area contributed by atoms with E-state index in [1.54, 1.807) is 11.6 Å². The molecule has 0 aliphatic rings. The zero-order valence-corrected chi connectivity index (χ0v) is 12.9. The maximum Gasteiger partial charge on any atom is 0.163 e. The van der Waals surface area contributed by atoms with E-state index in [1.807, 2.05) is 13.8 Å². The lowest BCUT2D eigenvalue weighted by Gasteiger charge is -2.06. The van der Waals surface area contributed by atoms with Gasteiger partial charge in [0.1, 0.15) is 0 Å². The molecule has 0 N–H and O–H groups in total. The topological polar surface area (TPSA) is 69.0 Å². The Kier molecular flexibility index (Phi) is 5.29. The first-order valence-electron chi connectivity index (χ1n) is 6.66. The molecule has 0 saturated carbocycles. The van der Waals surface area contributed by atoms with Gasteiger partial charge in [0.2, 0.25) is 0 Å². The molecule has 0 fully saturated rings. The lowest BCUT2D eigenvalue weighted by molar-refractivity contribution is 0.101. The van der Waals surface area contributed by atoms with Crippen LogP contribution in [0.2, 0.25) is 0 Å². The van der Waals surface area contributed by atoms with E-state index >= 15 is 0 Å². The summed E-state index contributed by atoms with van der Waals surface area (Å²) in [5, 5.41) is 4.39. The number of carbonyl (C=O) groups excluding carboxylic acids is 1. The maximum atomic E-state index is 11.7. The predicted molar refractivity (Wildman–Crippen MR) is 75.3 cm³/mol. The van der Waals surface area contributed by atoms with Crippen LogP contribution < -0.4 is 0 Å². The second-order valence-electron chi connectivity index (χ2n) is 4.49. The second-order valence-corrected chi connectivity index (χ2v) is 6.96. The van der Waals surface area contributed by atoms with Gasteiger partial charge in [-0.2, -0.15) is 5.10 Å². The van der Waals surface area contributed by atoms with Crippen LogP contribution in [0.15, 0.2) is 0 Å². The largest absolute Gasteiger partial charge is 0.294 e. The fraction of sp³-hybridized carbons (Fsp3) is 0.692. The summed E-state index contributed by atoms with van der Waals surface area (Å²) in [6.07, 6.45) is 1.35. The molecule has 6 heteroatoms. The Morgan fingerprint density at radius 1 is 1.21 bits per heavy atom. The smallest absolute Gasteiger partial charge is 0.163 e. The van der Waals surface area contributed by atoms with E-state index < -0.39 is 9.84 Å². The number of ketones is 1. The van der Waals surface area contributed by atoms with Gasteiger partial charge in [-0.25, -0.2) is 8.42 Å². The first kappa shape index (κ1) is 15.9. The monoisotopic (exact) mass is 286 g/mol. The van der Waals surface area contributed by atoms with Crippen molar-refractivity contribution < 1.29 is 13.2 Å². The lowest BCUT2D eigenvalue weighted by atomic mass is 10.1. The molecule has 1 aromatic rings. The molecule has 0 atom stereocenters. The highest BCUT2D eigenvalue weighted by Crippen LogP contribution is 2.17. The van der Waals surface area contributed by atoms with Gasteiger partial charge in [-0.1, -0.05) is 20.8 Å². The minimum absolute atomic E-state index is 0.00158. The van der Waals surface area contributed by atoms with Crippen LogP contribution in [0.3, 0.4) is 0 Å². The number of rotatable bonds is 7. The van der Waals surface area contributed by atoms with Gasteiger partial charge in [0.05, 0.1) is 23.6 Å². The Bertz CT molecular complexity index is 559. The van der Waals surface area contributed by atoms with Crippen LogP contribution in [0.4, 0.5) is 0 Å². The minimum Gasteiger partial charge on any atom is -0.294 e. The molecule has 0 aromatic carbocycles. The first-order chi connectivity index (χ1) is 8.86. The Morgan fingerprint density at radius 2 is 1.84 bits per heavy atom. The minimum atomic E-state index is -3.02. The van der Waals surface area contributed by atoms with Crippen LogP contribution in [0.1, 0.15) is 49.4 Å². The molecule has 0 bridgehead atoms. The normalized spacial score (nSPS) is 11.8. The van der Waals surface area contributed by atoms with Crippen molar-refractivity contribution in [3.8, 4) is 0 Å². The van der Waals surface area contributed by atoms with Crippen LogP contribution in [-0.4, -0.2) is 35.5 Å². The third-order valence-corrected chi connectivity index (χ3v) is 4.89. The van der Waals surface area contributed by atoms with Crippen molar-refractivity contribution in [1.82, 2.24) is 9.78 Å². The molecule has 1 heterocycles. The molecule has 0 unspecified atom stereocenters. The number of Topliss-reactive ketones (excluding diaryl/α,β-unsaturated/α-hetero) is 1. The Labute approximate surface area is 114 Å². The number of sulfone groups is 1. The molecule has 19 heavy (non-hydrogen) atoms. The van der Waals surface area contributed by atoms with E-state index in [0.717, 1.165) is 11.4 Å². The van der Waals surface area contributed by atoms with E-state index in [4.69, 9.17) is 0 Å². The molecule has 0 radical (unpaired) electrons. The third-order valence-electron chi connectivity index (χ3n) is 3.21. The molecule has 0 aliphatic carbocycles. The van der Waals surface area contributed by atoms with Crippen molar-refractivity contribution in [2.75, 3.05) is 11.5 Å². The van der Waals surface area contributed by atoms with Gasteiger partial charge >= 0.3 is 0 Å². The fourth-order valence-corrected chi connectivity index (χ4v) is 2.86. The summed E-state index contributed by atoms with van der Waals surface area (Å²) in [6.45, 7) is 7.38. The lowest BCUT2D eigenvalue weighted by Crippen LogP contribution is -2.17. The number of carbonyl (C=O) groups is 1. The van der Waals surface area contributed by atoms with Crippen molar-refractivity contribution >= 4 is 15.6 Å². The molecule has 0 saturated heterocycles. The van der Waals surface area contributed by atoms with Gasteiger partial charge in [-0.3, -0.25) is 9.48 Å². The summed E-state index contributed by atoms with van der Waals surface area (Å²) >= 11 is 0. The third kappa shape index (κ3) is 3.65. The standard InChI is InChI=1S/C13H22N2O3S/c1-5-11-13(10(4)16)12(6-2)15(14-11)8-9-19(17,18)7-3/h5-9H2,1-4H3. The number of hydrogen-bond donors (Lipinski definition) is 0. The predicted octanol–water partition coefficient (Wildman–Crippen LogP) is 1.65. The molecular formula is C13H22N2O3S. The summed E-state index contributed by atoms with van der Waals surface area (Å²) in [5.74, 6) is 0.201. The molecule has 0 amide bonds. The highest BCUT2D eigenvalue weighted by molar-refractivity contribution is 7.91. The molecule has 1 rings (SSSR count). The quantitative estimate of drug-likeness (QED) is 0.715. The average Bonchev–Trinajstić information content (AvgIpc) is 2.74. The number of aromatic nitrogens is 2. The van der Waals surface area contributed by atoms with Gasteiger partial charge in [-0.05, 0) is 19.8 Å². The Hall–Kier alpha value is -1.17. The Morgan fingerprint density at radius 3 is 2.26 bits per heavy atom.